The Hall–Kier alpha value is -15.1. The Kier molecular flexibility index (Phi) is 16.1. The second kappa shape index (κ2) is 27.6. The van der Waals surface area contributed by atoms with E-state index < -0.39 is 0 Å². The molecule has 6 aromatic heterocycles. The molecule has 0 spiro atoms. The number of fused-ring (bicyclic) bond motifs is 12. The number of hydrogen-bond donors (Lipinski definition) is 0. The topological polar surface area (TPSA) is 87.7 Å². The van der Waals surface area contributed by atoms with Gasteiger partial charge in [-0.25, -0.2) is 19.9 Å². The van der Waals surface area contributed by atoms with Gasteiger partial charge >= 0.3 is 0 Å². The molecule has 8 heteroatoms. The number of benzene rings is 16. The van der Waals surface area contributed by atoms with E-state index in [1.807, 2.05) is 97.1 Å². The van der Waals surface area contributed by atoms with E-state index in [2.05, 4.69) is 312 Å². The monoisotopic (exact) mass is 1430 g/mol. The van der Waals surface area contributed by atoms with Crippen LogP contribution in [0.25, 0.3) is 211 Å². The molecule has 0 N–H and O–H groups in total. The molecule has 112 heavy (non-hydrogen) atoms. The van der Waals surface area contributed by atoms with Crippen LogP contribution < -0.4 is 0 Å². The quantitative estimate of drug-likeness (QED) is 0.121. The third-order valence-electron chi connectivity index (χ3n) is 21.6. The highest BCUT2D eigenvalue weighted by molar-refractivity contribution is 6.13. The average molecular weight is 1430 g/mol. The van der Waals surface area contributed by atoms with E-state index in [1.165, 1.54) is 27.1 Å². The van der Waals surface area contributed by atoms with Gasteiger partial charge in [-0.3, -0.25) is 0 Å². The number of furan rings is 2. The van der Waals surface area contributed by atoms with Crippen LogP contribution >= 0.6 is 0 Å². The molecule has 22 aromatic rings. The zero-order valence-corrected chi connectivity index (χ0v) is 60.6. The molecule has 0 radical (unpaired) electrons. The van der Waals surface area contributed by atoms with Crippen molar-refractivity contribution in [1.29, 1.82) is 0 Å². The number of nitrogens with zero attached hydrogens (tertiary/aromatic N) is 6. The second-order valence-electron chi connectivity index (χ2n) is 28.4. The smallest absolute Gasteiger partial charge is 0.160 e. The lowest BCUT2D eigenvalue weighted by molar-refractivity contribution is 0.668. The fourth-order valence-corrected chi connectivity index (χ4v) is 16.2. The van der Waals surface area contributed by atoms with Crippen molar-refractivity contribution in [2.24, 2.45) is 0 Å². The van der Waals surface area contributed by atoms with Crippen molar-refractivity contribution >= 4 is 87.5 Å². The summed E-state index contributed by atoms with van der Waals surface area (Å²) >= 11 is 0. The Morgan fingerprint density at radius 2 is 0.455 bits per heavy atom. The van der Waals surface area contributed by atoms with Gasteiger partial charge in [-0.15, -0.1) is 0 Å². The molecule has 0 saturated heterocycles. The van der Waals surface area contributed by atoms with Crippen molar-refractivity contribution in [3.63, 3.8) is 0 Å². The van der Waals surface area contributed by atoms with Crippen molar-refractivity contribution in [1.82, 2.24) is 29.1 Å². The molecule has 16 aromatic carbocycles. The Morgan fingerprint density at radius 3 is 0.902 bits per heavy atom. The van der Waals surface area contributed by atoms with Crippen LogP contribution in [0.5, 0.6) is 0 Å². The third kappa shape index (κ3) is 11.9. The van der Waals surface area contributed by atoms with Gasteiger partial charge < -0.3 is 18.0 Å². The van der Waals surface area contributed by atoms with E-state index >= 15 is 0 Å². The van der Waals surface area contributed by atoms with Crippen molar-refractivity contribution < 1.29 is 8.83 Å². The van der Waals surface area contributed by atoms with Crippen LogP contribution in [0.4, 0.5) is 0 Å². The Labute approximate surface area is 645 Å². The van der Waals surface area contributed by atoms with Gasteiger partial charge in [-0.1, -0.05) is 285 Å². The molecular weight excluding hydrogens is 1370 g/mol. The Balaban J connectivity index is 0.000000141. The number of hydrogen-bond acceptors (Lipinski definition) is 6. The van der Waals surface area contributed by atoms with Gasteiger partial charge in [0.2, 0.25) is 0 Å². The standard InChI is InChI=1S/2C52H33N3O/c1-3-13-34(14-4-1)46-33-47(35-15-5-2-6-16-35)54-52(53-46)40-19-11-17-36(29-40)38-26-28-49-45(31-38)42-21-7-9-23-48(42)55(49)41-20-12-18-37(30-41)39-25-27-44-43-22-8-10-24-50(43)56-51(44)32-39;1-3-12-35(13-4-1)46-33-47(36-14-5-2-6-15-36)54-52(53-46)37-24-22-34(23-25-37)39-27-29-49-45(31-39)42-18-7-9-20-48(42)55(49)41-17-11-16-38(30-41)40-26-28-44-43-19-8-10-21-50(43)56-51(44)32-40/h2*1-33H. The summed E-state index contributed by atoms with van der Waals surface area (Å²) < 4.78 is 17.2. The summed E-state index contributed by atoms with van der Waals surface area (Å²) in [6, 6.07) is 141. The highest BCUT2D eigenvalue weighted by Gasteiger charge is 2.20. The fraction of sp³-hybridized carbons (Fsp3) is 0. The van der Waals surface area contributed by atoms with E-state index in [9.17, 15) is 0 Å². The molecule has 0 aliphatic heterocycles. The molecule has 22 rings (SSSR count). The number of rotatable bonds is 12. The molecule has 6 heterocycles. The summed E-state index contributed by atoms with van der Waals surface area (Å²) in [6.45, 7) is 0. The first-order valence-electron chi connectivity index (χ1n) is 37.8. The van der Waals surface area contributed by atoms with E-state index in [4.69, 9.17) is 28.8 Å². The molecule has 0 atom stereocenters. The normalized spacial score (nSPS) is 11.6. The molecule has 524 valence electrons. The van der Waals surface area contributed by atoms with Crippen molar-refractivity contribution in [2.45, 2.75) is 0 Å². The van der Waals surface area contributed by atoms with E-state index in [0.717, 1.165) is 172 Å². The first kappa shape index (κ1) is 65.2. The van der Waals surface area contributed by atoms with Gasteiger partial charge in [0, 0.05) is 87.8 Å². The third-order valence-corrected chi connectivity index (χ3v) is 21.6. The van der Waals surface area contributed by atoms with Gasteiger partial charge in [-0.05, 0) is 160 Å². The van der Waals surface area contributed by atoms with Crippen LogP contribution in [0.3, 0.4) is 0 Å². The van der Waals surface area contributed by atoms with Crippen molar-refractivity contribution in [3.8, 4) is 124 Å². The van der Waals surface area contributed by atoms with Crippen molar-refractivity contribution in [3.05, 3.63) is 400 Å². The molecular formula is C104H66N6O2. The zero-order chi connectivity index (χ0) is 74.0. The van der Waals surface area contributed by atoms with Crippen molar-refractivity contribution in [2.75, 3.05) is 0 Å². The largest absolute Gasteiger partial charge is 0.456 e. The summed E-state index contributed by atoms with van der Waals surface area (Å²) in [4.78, 5) is 20.3. The maximum atomic E-state index is 6.25. The second-order valence-corrected chi connectivity index (χ2v) is 28.4. The lowest BCUT2D eigenvalue weighted by atomic mass is 10.00. The molecule has 0 unspecified atom stereocenters. The predicted molar refractivity (Wildman–Crippen MR) is 462 cm³/mol. The molecule has 0 amide bonds. The van der Waals surface area contributed by atoms with Crippen LogP contribution in [0.1, 0.15) is 0 Å². The highest BCUT2D eigenvalue weighted by Crippen LogP contribution is 2.42. The SMILES string of the molecule is c1ccc(-c2cc(-c3ccccc3)nc(-c3ccc(-c4ccc5c(c4)c4ccccc4n5-c4cccc(-c5ccc6c(c5)oc5ccccc56)c4)cc3)n2)cc1.c1ccc(-c2cc(-c3ccccc3)nc(-c3cccc(-c4ccc5c(c4)c4ccccc4n5-c4cccc(-c5ccc6c(c5)oc5ccccc56)c4)c3)n2)cc1. The minimum absolute atomic E-state index is 0.698. The molecule has 0 bridgehead atoms. The lowest BCUT2D eigenvalue weighted by Gasteiger charge is -2.11. The van der Waals surface area contributed by atoms with Gasteiger partial charge in [0.05, 0.1) is 44.8 Å². The molecule has 0 fully saturated rings. The Morgan fingerprint density at radius 1 is 0.161 bits per heavy atom. The van der Waals surface area contributed by atoms with Crippen LogP contribution in [0, 0.1) is 0 Å². The maximum Gasteiger partial charge on any atom is 0.160 e. The average Bonchev–Trinajstić information content (AvgIpc) is 1.59. The predicted octanol–water partition coefficient (Wildman–Crippen LogP) is 27.6. The Bertz CT molecular complexity index is 7250. The summed E-state index contributed by atoms with van der Waals surface area (Å²) in [7, 11) is 0. The summed E-state index contributed by atoms with van der Waals surface area (Å²) in [6.07, 6.45) is 0. The van der Waals surface area contributed by atoms with Gasteiger partial charge in [0.15, 0.2) is 11.6 Å². The van der Waals surface area contributed by atoms with Gasteiger partial charge in [-0.2, -0.15) is 0 Å². The fourth-order valence-electron chi connectivity index (χ4n) is 16.2. The van der Waals surface area contributed by atoms with Crippen LogP contribution in [0.2, 0.25) is 0 Å². The number of aromatic nitrogens is 6. The lowest BCUT2D eigenvalue weighted by Crippen LogP contribution is -1.96. The summed E-state index contributed by atoms with van der Waals surface area (Å²) in [5.74, 6) is 1.40. The van der Waals surface area contributed by atoms with Crippen LogP contribution in [-0.2, 0) is 0 Å². The number of para-hydroxylation sites is 4. The first-order chi connectivity index (χ1) is 55.5. The van der Waals surface area contributed by atoms with E-state index in [0.29, 0.717) is 11.6 Å². The first-order valence-corrected chi connectivity index (χ1v) is 37.8. The van der Waals surface area contributed by atoms with Crippen LogP contribution in [0.15, 0.2) is 409 Å². The maximum absolute atomic E-state index is 6.25. The summed E-state index contributed by atoms with van der Waals surface area (Å²) in [5, 5.41) is 9.39. The highest BCUT2D eigenvalue weighted by atomic mass is 16.3. The van der Waals surface area contributed by atoms with Gasteiger partial charge in [0.1, 0.15) is 22.3 Å². The zero-order valence-electron chi connectivity index (χ0n) is 60.6. The minimum Gasteiger partial charge on any atom is -0.456 e. The van der Waals surface area contributed by atoms with Gasteiger partial charge in [0.25, 0.3) is 0 Å². The molecule has 0 saturated carbocycles. The molecule has 8 nitrogen and oxygen atoms in total. The minimum atomic E-state index is 0.698. The molecule has 0 aliphatic carbocycles. The van der Waals surface area contributed by atoms with E-state index in [-0.39, 0.29) is 0 Å². The van der Waals surface area contributed by atoms with E-state index in [1.54, 1.807) is 0 Å². The molecule has 0 aliphatic rings. The van der Waals surface area contributed by atoms with Crippen LogP contribution in [-0.4, -0.2) is 29.1 Å². The summed E-state index contributed by atoms with van der Waals surface area (Å²) in [5.41, 5.74) is 29.3.